The number of rotatable bonds is 2. The van der Waals surface area contributed by atoms with E-state index in [1.165, 1.54) is 0 Å². The maximum absolute atomic E-state index is 12.1. The first kappa shape index (κ1) is 19.3. The maximum atomic E-state index is 12.1. The van der Waals surface area contributed by atoms with Crippen LogP contribution in [0.2, 0.25) is 0 Å². The van der Waals surface area contributed by atoms with Crippen molar-refractivity contribution < 1.29 is 18.8 Å². The minimum absolute atomic E-state index is 0.450. The number of amides is 1. The summed E-state index contributed by atoms with van der Waals surface area (Å²) in [4.78, 5) is 12.1. The van der Waals surface area contributed by atoms with Crippen LogP contribution in [0.5, 0.6) is 0 Å². The molecule has 132 valence electrons. The zero-order valence-corrected chi connectivity index (χ0v) is 16.9. The smallest absolute Gasteiger partial charge is 0.444 e. The number of benzene rings is 1. The minimum atomic E-state index is -0.569. The molecule has 24 heavy (non-hydrogen) atoms. The Balaban J connectivity index is 2.28. The van der Waals surface area contributed by atoms with Crippen molar-refractivity contribution >= 4 is 40.3 Å². The van der Waals surface area contributed by atoms with E-state index >= 15 is 0 Å². The van der Waals surface area contributed by atoms with E-state index in [-0.39, 0.29) is 0 Å². The first-order valence-electron chi connectivity index (χ1n) is 7.96. The fourth-order valence-corrected chi connectivity index (χ4v) is 2.59. The van der Waals surface area contributed by atoms with Crippen molar-refractivity contribution in [3.63, 3.8) is 0 Å². The Kier molecular flexibility index (Phi) is 5.10. The van der Waals surface area contributed by atoms with E-state index in [2.05, 4.69) is 21.2 Å². The lowest BCUT2D eigenvalue weighted by atomic mass is 9.78. The highest BCUT2D eigenvalue weighted by Gasteiger charge is 2.52. The molecule has 1 aromatic carbocycles. The van der Waals surface area contributed by atoms with Crippen molar-refractivity contribution in [3.8, 4) is 0 Å². The molecule has 1 saturated heterocycles. The highest BCUT2D eigenvalue weighted by atomic mass is 79.9. The van der Waals surface area contributed by atoms with Gasteiger partial charge in [0.15, 0.2) is 0 Å². The van der Waals surface area contributed by atoms with Gasteiger partial charge in [-0.1, -0.05) is 22.0 Å². The van der Waals surface area contributed by atoms with Crippen LogP contribution in [0.15, 0.2) is 22.7 Å². The number of anilines is 1. The average Bonchev–Trinajstić information content (AvgIpc) is 2.55. The second-order valence-electron chi connectivity index (χ2n) is 7.95. The van der Waals surface area contributed by atoms with Crippen LogP contribution in [0.3, 0.4) is 0 Å². The lowest BCUT2D eigenvalue weighted by molar-refractivity contribution is 0.00578. The zero-order valence-electron chi connectivity index (χ0n) is 15.3. The molecule has 7 heteroatoms. The van der Waals surface area contributed by atoms with E-state index in [9.17, 15) is 4.79 Å². The summed E-state index contributed by atoms with van der Waals surface area (Å²) in [5, 5.41) is 2.79. The molecule has 1 N–H and O–H groups in total. The molecule has 0 unspecified atom stereocenters. The number of carbonyl (C=O) groups excluding carboxylic acids is 1. The van der Waals surface area contributed by atoms with Crippen LogP contribution in [-0.2, 0) is 14.0 Å². The first-order chi connectivity index (χ1) is 10.8. The molecule has 0 radical (unpaired) electrons. The summed E-state index contributed by atoms with van der Waals surface area (Å²) in [5.41, 5.74) is -0.123. The summed E-state index contributed by atoms with van der Waals surface area (Å²) in [7, 11) is -0.562. The Morgan fingerprint density at radius 1 is 1.17 bits per heavy atom. The second kappa shape index (κ2) is 6.35. The Labute approximate surface area is 152 Å². The summed E-state index contributed by atoms with van der Waals surface area (Å²) in [5.74, 6) is 0. The van der Waals surface area contributed by atoms with E-state index in [0.29, 0.717) is 5.69 Å². The fraction of sp³-hybridized carbons (Fsp3) is 0.588. The Bertz CT molecular complexity index is 624. The van der Waals surface area contributed by atoms with Crippen molar-refractivity contribution in [2.45, 2.75) is 65.3 Å². The van der Waals surface area contributed by atoms with Gasteiger partial charge in [-0.05, 0) is 60.6 Å². The highest BCUT2D eigenvalue weighted by Crippen LogP contribution is 2.37. The normalized spacial score (nSPS) is 19.2. The van der Waals surface area contributed by atoms with Gasteiger partial charge in [-0.15, -0.1) is 0 Å². The molecule has 1 amide bonds. The molecular formula is C17H25BBrNO4. The molecule has 1 aliphatic heterocycles. The van der Waals surface area contributed by atoms with Crippen LogP contribution < -0.4 is 10.8 Å². The number of halogens is 1. The third-order valence-corrected chi connectivity index (χ3v) is 4.65. The van der Waals surface area contributed by atoms with Crippen LogP contribution in [0.25, 0.3) is 0 Å². The Morgan fingerprint density at radius 2 is 1.71 bits per heavy atom. The summed E-state index contributed by atoms with van der Waals surface area (Å²) < 4.78 is 18.3. The van der Waals surface area contributed by atoms with E-state index in [1.54, 1.807) is 0 Å². The van der Waals surface area contributed by atoms with Crippen molar-refractivity contribution in [2.75, 3.05) is 5.32 Å². The molecular weight excluding hydrogens is 373 g/mol. The third kappa shape index (κ3) is 4.32. The van der Waals surface area contributed by atoms with Gasteiger partial charge in [0, 0.05) is 15.6 Å². The van der Waals surface area contributed by atoms with E-state index in [0.717, 1.165) is 9.94 Å². The van der Waals surface area contributed by atoms with Gasteiger partial charge in [0.2, 0.25) is 0 Å². The van der Waals surface area contributed by atoms with Gasteiger partial charge in [-0.3, -0.25) is 5.32 Å². The number of ether oxygens (including phenoxy) is 1. The van der Waals surface area contributed by atoms with Gasteiger partial charge in [0.25, 0.3) is 0 Å². The monoisotopic (exact) mass is 397 g/mol. The lowest BCUT2D eigenvalue weighted by Gasteiger charge is -2.32. The van der Waals surface area contributed by atoms with Gasteiger partial charge in [0.1, 0.15) is 5.60 Å². The van der Waals surface area contributed by atoms with E-state index < -0.39 is 30.0 Å². The summed E-state index contributed by atoms with van der Waals surface area (Å²) in [6.07, 6.45) is -0.515. The summed E-state index contributed by atoms with van der Waals surface area (Å²) in [6.45, 7) is 13.4. The van der Waals surface area contributed by atoms with Crippen molar-refractivity contribution in [1.82, 2.24) is 0 Å². The van der Waals surface area contributed by atoms with Gasteiger partial charge in [-0.25, -0.2) is 4.79 Å². The molecule has 0 atom stereocenters. The maximum Gasteiger partial charge on any atom is 0.496 e. The standard InChI is InChI=1S/C17H25BBrNO4/c1-15(2,3)22-14(21)20-13-10-11(19)8-9-12(13)18-23-16(4,5)17(6,7)24-18/h8-10H,1-7H3,(H,20,21). The van der Waals surface area contributed by atoms with E-state index in [1.807, 2.05) is 66.7 Å². The van der Waals surface area contributed by atoms with Crippen LogP contribution in [0.4, 0.5) is 10.5 Å². The number of hydrogen-bond acceptors (Lipinski definition) is 4. The van der Waals surface area contributed by atoms with E-state index in [4.69, 9.17) is 14.0 Å². The molecule has 0 aromatic heterocycles. The third-order valence-electron chi connectivity index (χ3n) is 4.16. The molecule has 0 saturated carbocycles. The van der Waals surface area contributed by atoms with Gasteiger partial charge >= 0.3 is 13.2 Å². The minimum Gasteiger partial charge on any atom is -0.444 e. The predicted octanol–water partition coefficient (Wildman–Crippen LogP) is 4.10. The number of hydrogen-bond donors (Lipinski definition) is 1. The topological polar surface area (TPSA) is 56.8 Å². The zero-order chi connectivity index (χ0) is 18.3. The molecule has 5 nitrogen and oxygen atoms in total. The molecule has 2 rings (SSSR count). The lowest BCUT2D eigenvalue weighted by Crippen LogP contribution is -2.41. The highest BCUT2D eigenvalue weighted by molar-refractivity contribution is 9.10. The molecule has 1 fully saturated rings. The van der Waals surface area contributed by atoms with Crippen LogP contribution >= 0.6 is 15.9 Å². The summed E-state index contributed by atoms with van der Waals surface area (Å²) in [6, 6.07) is 5.57. The quantitative estimate of drug-likeness (QED) is 0.763. The molecule has 1 heterocycles. The molecule has 0 aliphatic carbocycles. The number of nitrogens with one attached hydrogen (secondary N) is 1. The van der Waals surface area contributed by atoms with Gasteiger partial charge in [-0.2, -0.15) is 0 Å². The van der Waals surface area contributed by atoms with Crippen LogP contribution in [0.1, 0.15) is 48.5 Å². The van der Waals surface area contributed by atoms with Crippen LogP contribution in [0, 0.1) is 0 Å². The van der Waals surface area contributed by atoms with Gasteiger partial charge < -0.3 is 14.0 Å². The number of carbonyl (C=O) groups is 1. The second-order valence-corrected chi connectivity index (χ2v) is 8.86. The Hall–Kier alpha value is -1.05. The van der Waals surface area contributed by atoms with Crippen LogP contribution in [-0.4, -0.2) is 30.0 Å². The SMILES string of the molecule is CC(C)(C)OC(=O)Nc1cc(Br)ccc1B1OC(C)(C)C(C)(C)O1. The summed E-state index contributed by atoms with van der Waals surface area (Å²) >= 11 is 3.43. The molecule has 0 bridgehead atoms. The average molecular weight is 398 g/mol. The largest absolute Gasteiger partial charge is 0.496 e. The first-order valence-corrected chi connectivity index (χ1v) is 8.75. The molecule has 1 aliphatic rings. The molecule has 0 spiro atoms. The fourth-order valence-electron chi connectivity index (χ4n) is 2.23. The van der Waals surface area contributed by atoms with Crippen molar-refractivity contribution in [3.05, 3.63) is 22.7 Å². The Morgan fingerprint density at radius 3 is 2.21 bits per heavy atom. The van der Waals surface area contributed by atoms with Crippen molar-refractivity contribution in [2.24, 2.45) is 0 Å². The van der Waals surface area contributed by atoms with Crippen molar-refractivity contribution in [1.29, 1.82) is 0 Å². The van der Waals surface area contributed by atoms with Gasteiger partial charge in [0.05, 0.1) is 11.2 Å². The molecule has 1 aromatic rings. The predicted molar refractivity (Wildman–Crippen MR) is 99.7 cm³/mol.